The van der Waals surface area contributed by atoms with Gasteiger partial charge in [0.05, 0.1) is 6.10 Å². The maximum Gasteiger partial charge on any atom is 0.0703 e. The molecule has 0 amide bonds. The van der Waals surface area contributed by atoms with Crippen molar-refractivity contribution in [1.82, 2.24) is 10.2 Å². The molecular weight excluding hydrogens is 236 g/mol. The van der Waals surface area contributed by atoms with Crippen LogP contribution in [-0.4, -0.2) is 48.8 Å². The Bertz CT molecular complexity index is 291. The van der Waals surface area contributed by atoms with Gasteiger partial charge in [-0.15, -0.1) is 0 Å². The summed E-state index contributed by atoms with van der Waals surface area (Å²) >= 11 is 0. The van der Waals surface area contributed by atoms with Gasteiger partial charge in [0.1, 0.15) is 0 Å². The van der Waals surface area contributed by atoms with Crippen LogP contribution in [0.2, 0.25) is 0 Å². The van der Waals surface area contributed by atoms with Crippen LogP contribution < -0.4 is 5.32 Å². The lowest BCUT2D eigenvalue weighted by atomic mass is 9.86. The van der Waals surface area contributed by atoms with Gasteiger partial charge in [-0.05, 0) is 44.4 Å². The summed E-state index contributed by atoms with van der Waals surface area (Å²) < 4.78 is 5.89. The fraction of sp³-hybridized carbons (Fsp3) is 1.00. The molecule has 3 nitrogen and oxygen atoms in total. The number of rotatable bonds is 5. The van der Waals surface area contributed by atoms with Crippen molar-refractivity contribution < 1.29 is 4.74 Å². The molecule has 19 heavy (non-hydrogen) atoms. The topological polar surface area (TPSA) is 24.5 Å². The maximum atomic E-state index is 5.89. The molecule has 3 rings (SSSR count). The Morgan fingerprint density at radius 3 is 2.58 bits per heavy atom. The molecule has 2 atom stereocenters. The fourth-order valence-corrected chi connectivity index (χ4v) is 3.99. The van der Waals surface area contributed by atoms with Gasteiger partial charge in [-0.3, -0.25) is 4.90 Å². The molecule has 1 aliphatic carbocycles. The Morgan fingerprint density at radius 2 is 2.00 bits per heavy atom. The molecule has 0 spiro atoms. The Hall–Kier alpha value is -0.120. The number of hydrogen-bond donors (Lipinski definition) is 1. The van der Waals surface area contributed by atoms with Crippen molar-refractivity contribution in [3.8, 4) is 0 Å². The van der Waals surface area contributed by atoms with Crippen LogP contribution in [0.25, 0.3) is 0 Å². The average Bonchev–Trinajstić information content (AvgIpc) is 3.17. The number of ether oxygens (including phenoxy) is 1. The first-order chi connectivity index (χ1) is 9.27. The lowest BCUT2D eigenvalue weighted by molar-refractivity contribution is -0.0152. The Balaban J connectivity index is 1.67. The fourth-order valence-electron chi connectivity index (χ4n) is 3.99. The molecule has 2 saturated heterocycles. The molecule has 3 heteroatoms. The summed E-state index contributed by atoms with van der Waals surface area (Å²) in [6.45, 7) is 9.26. The maximum absolute atomic E-state index is 5.89. The lowest BCUT2D eigenvalue weighted by Crippen LogP contribution is -2.65. The predicted octanol–water partition coefficient (Wildman–Crippen LogP) is 2.41. The molecule has 0 aromatic rings. The molecule has 0 aromatic heterocycles. The predicted molar refractivity (Wildman–Crippen MR) is 78.4 cm³/mol. The number of hydrogen-bond acceptors (Lipinski definition) is 3. The highest BCUT2D eigenvalue weighted by Gasteiger charge is 2.44. The molecule has 1 saturated carbocycles. The van der Waals surface area contributed by atoms with Gasteiger partial charge in [0.15, 0.2) is 0 Å². The van der Waals surface area contributed by atoms with E-state index in [4.69, 9.17) is 4.74 Å². The van der Waals surface area contributed by atoms with Crippen molar-refractivity contribution in [2.24, 2.45) is 5.92 Å². The molecule has 2 heterocycles. The lowest BCUT2D eigenvalue weighted by Gasteiger charge is -2.50. The van der Waals surface area contributed by atoms with Gasteiger partial charge in [0, 0.05) is 37.8 Å². The van der Waals surface area contributed by atoms with Crippen LogP contribution in [0.3, 0.4) is 0 Å². The third-order valence-electron chi connectivity index (χ3n) is 5.74. The van der Waals surface area contributed by atoms with Gasteiger partial charge < -0.3 is 10.1 Å². The number of nitrogens with zero attached hydrogens (tertiary/aromatic N) is 1. The SMILES string of the molecule is CCC1(CC)CNC(C2CC2)CN1CC1CCCO1. The minimum Gasteiger partial charge on any atom is -0.377 e. The minimum atomic E-state index is 0.372. The van der Waals surface area contributed by atoms with Gasteiger partial charge in [-0.1, -0.05) is 13.8 Å². The molecule has 0 bridgehead atoms. The zero-order valence-corrected chi connectivity index (χ0v) is 12.7. The molecule has 2 aliphatic heterocycles. The van der Waals surface area contributed by atoms with Gasteiger partial charge in [-0.25, -0.2) is 0 Å². The molecule has 2 unspecified atom stereocenters. The number of nitrogens with one attached hydrogen (secondary N) is 1. The van der Waals surface area contributed by atoms with E-state index in [1.165, 1.54) is 51.6 Å². The van der Waals surface area contributed by atoms with E-state index in [1.54, 1.807) is 0 Å². The Morgan fingerprint density at radius 1 is 1.21 bits per heavy atom. The quantitative estimate of drug-likeness (QED) is 0.827. The molecule has 3 aliphatic rings. The van der Waals surface area contributed by atoms with Gasteiger partial charge in [0.25, 0.3) is 0 Å². The highest BCUT2D eigenvalue weighted by Crippen LogP contribution is 2.37. The normalized spacial score (nSPS) is 35.7. The summed E-state index contributed by atoms with van der Waals surface area (Å²) in [7, 11) is 0. The molecular formula is C16H30N2O. The molecule has 3 fully saturated rings. The second kappa shape index (κ2) is 5.71. The van der Waals surface area contributed by atoms with E-state index >= 15 is 0 Å². The Labute approximate surface area is 118 Å². The summed E-state index contributed by atoms with van der Waals surface area (Å²) in [4.78, 5) is 2.78. The van der Waals surface area contributed by atoms with Crippen LogP contribution in [-0.2, 0) is 4.74 Å². The molecule has 1 N–H and O–H groups in total. The standard InChI is InChI=1S/C16H30N2O/c1-3-16(4-2)12-17-15(13-7-8-13)11-18(16)10-14-6-5-9-19-14/h13-15,17H,3-12H2,1-2H3. The summed E-state index contributed by atoms with van der Waals surface area (Å²) in [5.41, 5.74) is 0.372. The van der Waals surface area contributed by atoms with Crippen molar-refractivity contribution in [3.63, 3.8) is 0 Å². The smallest absolute Gasteiger partial charge is 0.0703 e. The third-order valence-corrected chi connectivity index (χ3v) is 5.74. The van der Waals surface area contributed by atoms with Crippen LogP contribution in [0.1, 0.15) is 52.4 Å². The van der Waals surface area contributed by atoms with Crippen molar-refractivity contribution in [1.29, 1.82) is 0 Å². The van der Waals surface area contributed by atoms with Gasteiger partial charge in [0.2, 0.25) is 0 Å². The summed E-state index contributed by atoms with van der Waals surface area (Å²) in [5, 5.41) is 3.85. The van der Waals surface area contributed by atoms with Crippen molar-refractivity contribution >= 4 is 0 Å². The largest absolute Gasteiger partial charge is 0.377 e. The second-order valence-corrected chi connectivity index (χ2v) is 6.80. The van der Waals surface area contributed by atoms with Crippen molar-refractivity contribution in [2.75, 3.05) is 26.2 Å². The molecule has 0 radical (unpaired) electrons. The minimum absolute atomic E-state index is 0.372. The van der Waals surface area contributed by atoms with Gasteiger partial charge in [-0.2, -0.15) is 0 Å². The van der Waals surface area contributed by atoms with Crippen LogP contribution in [0.15, 0.2) is 0 Å². The van der Waals surface area contributed by atoms with E-state index < -0.39 is 0 Å². The summed E-state index contributed by atoms with van der Waals surface area (Å²) in [5.74, 6) is 0.957. The van der Waals surface area contributed by atoms with Gasteiger partial charge >= 0.3 is 0 Å². The number of piperazine rings is 1. The van der Waals surface area contributed by atoms with Crippen molar-refractivity contribution in [2.45, 2.75) is 70.1 Å². The van der Waals surface area contributed by atoms with E-state index in [2.05, 4.69) is 24.1 Å². The first-order valence-electron chi connectivity index (χ1n) is 8.37. The summed E-state index contributed by atoms with van der Waals surface area (Å²) in [6, 6.07) is 0.743. The van der Waals surface area contributed by atoms with Crippen LogP contribution in [0.4, 0.5) is 0 Å². The molecule has 0 aromatic carbocycles. The zero-order chi connectivity index (χ0) is 13.3. The van der Waals surface area contributed by atoms with Crippen LogP contribution in [0.5, 0.6) is 0 Å². The zero-order valence-electron chi connectivity index (χ0n) is 12.7. The second-order valence-electron chi connectivity index (χ2n) is 6.80. The highest BCUT2D eigenvalue weighted by atomic mass is 16.5. The van der Waals surface area contributed by atoms with E-state index in [0.29, 0.717) is 11.6 Å². The van der Waals surface area contributed by atoms with Crippen molar-refractivity contribution in [3.05, 3.63) is 0 Å². The highest BCUT2D eigenvalue weighted by molar-refractivity contribution is 5.02. The van der Waals surface area contributed by atoms with E-state index in [-0.39, 0.29) is 0 Å². The first-order valence-corrected chi connectivity index (χ1v) is 8.37. The monoisotopic (exact) mass is 266 g/mol. The van der Waals surface area contributed by atoms with Crippen LogP contribution >= 0.6 is 0 Å². The first kappa shape index (κ1) is 13.8. The third kappa shape index (κ3) is 2.84. The van der Waals surface area contributed by atoms with E-state index in [1.807, 2.05) is 0 Å². The van der Waals surface area contributed by atoms with Crippen LogP contribution in [0, 0.1) is 5.92 Å². The van der Waals surface area contributed by atoms with E-state index in [0.717, 1.165) is 25.1 Å². The average molecular weight is 266 g/mol. The Kier molecular flexibility index (Phi) is 4.16. The van der Waals surface area contributed by atoms with E-state index in [9.17, 15) is 0 Å². The summed E-state index contributed by atoms with van der Waals surface area (Å²) in [6.07, 6.45) is 8.40. The molecule has 110 valence electrons.